The maximum Gasteiger partial charge on any atom is 0.274 e. The predicted octanol–water partition coefficient (Wildman–Crippen LogP) is 2.60. The number of piperidine rings is 1. The van der Waals surface area contributed by atoms with E-state index in [4.69, 9.17) is 0 Å². The van der Waals surface area contributed by atoms with Crippen LogP contribution in [-0.2, 0) is 0 Å². The van der Waals surface area contributed by atoms with Crippen molar-refractivity contribution in [2.75, 3.05) is 31.1 Å². The second-order valence-electron chi connectivity index (χ2n) is 7.93. The maximum atomic E-state index is 12.8. The second kappa shape index (κ2) is 8.31. The molecule has 1 amide bonds. The van der Waals surface area contributed by atoms with Gasteiger partial charge in [0.2, 0.25) is 0 Å². The van der Waals surface area contributed by atoms with Crippen molar-refractivity contribution < 1.29 is 4.79 Å². The van der Waals surface area contributed by atoms with E-state index in [1.807, 2.05) is 18.5 Å². The zero-order valence-electron chi connectivity index (χ0n) is 16.8. The topological polar surface area (TPSA) is 75.1 Å². The van der Waals surface area contributed by atoms with Crippen molar-refractivity contribution >= 4 is 11.6 Å². The number of benzene rings is 1. The Morgan fingerprint density at radius 1 is 1.25 bits per heavy atom. The number of hydrogen-bond donors (Lipinski definition) is 2. The summed E-state index contributed by atoms with van der Waals surface area (Å²) in [7, 11) is 0. The quantitative estimate of drug-likeness (QED) is 0.831. The molecule has 2 fully saturated rings. The van der Waals surface area contributed by atoms with Gasteiger partial charge in [-0.25, -0.2) is 4.68 Å². The van der Waals surface area contributed by atoms with Crippen LogP contribution in [-0.4, -0.2) is 47.1 Å². The predicted molar refractivity (Wildman–Crippen MR) is 110 cm³/mol. The van der Waals surface area contributed by atoms with Crippen LogP contribution in [0.1, 0.15) is 66.4 Å². The van der Waals surface area contributed by atoms with Crippen molar-refractivity contribution in [2.45, 2.75) is 51.6 Å². The largest absolute Gasteiger partial charge is 0.372 e. The monoisotopic (exact) mass is 382 g/mol. The van der Waals surface area contributed by atoms with Crippen LogP contribution < -0.4 is 15.5 Å². The van der Waals surface area contributed by atoms with Gasteiger partial charge in [-0.3, -0.25) is 4.79 Å². The highest BCUT2D eigenvalue weighted by Crippen LogP contribution is 2.25. The summed E-state index contributed by atoms with van der Waals surface area (Å²) in [5, 5.41) is 14.9. The van der Waals surface area contributed by atoms with E-state index in [2.05, 4.69) is 50.1 Å². The van der Waals surface area contributed by atoms with Gasteiger partial charge >= 0.3 is 0 Å². The normalized spacial score (nSPS) is 19.0. The van der Waals surface area contributed by atoms with E-state index in [1.54, 1.807) is 0 Å². The average molecular weight is 383 g/mol. The number of aromatic nitrogens is 3. The Kier molecular flexibility index (Phi) is 5.62. The van der Waals surface area contributed by atoms with E-state index in [1.165, 1.54) is 18.5 Å². The van der Waals surface area contributed by atoms with Crippen molar-refractivity contribution in [3.8, 4) is 0 Å². The van der Waals surface area contributed by atoms with Gasteiger partial charge in [0.15, 0.2) is 5.69 Å². The lowest BCUT2D eigenvalue weighted by Gasteiger charge is -2.23. The first-order valence-electron chi connectivity index (χ1n) is 10.4. The van der Waals surface area contributed by atoms with Crippen LogP contribution in [0.2, 0.25) is 0 Å². The lowest BCUT2D eigenvalue weighted by Crippen LogP contribution is -2.31. The summed E-state index contributed by atoms with van der Waals surface area (Å²) in [4.78, 5) is 15.2. The van der Waals surface area contributed by atoms with Crippen molar-refractivity contribution in [3.05, 3.63) is 41.2 Å². The zero-order chi connectivity index (χ0) is 19.5. The van der Waals surface area contributed by atoms with Crippen molar-refractivity contribution in [1.82, 2.24) is 25.6 Å². The van der Waals surface area contributed by atoms with E-state index >= 15 is 0 Å². The van der Waals surface area contributed by atoms with Gasteiger partial charge in [-0.15, -0.1) is 5.10 Å². The number of anilines is 1. The molecule has 2 N–H and O–H groups in total. The molecule has 1 unspecified atom stereocenters. The van der Waals surface area contributed by atoms with E-state index in [0.717, 1.165) is 50.3 Å². The molecule has 3 heterocycles. The molecule has 7 heteroatoms. The molecular weight excluding hydrogens is 352 g/mol. The molecule has 1 atom stereocenters. The zero-order valence-corrected chi connectivity index (χ0v) is 16.8. The minimum absolute atomic E-state index is 0.0847. The fourth-order valence-electron chi connectivity index (χ4n) is 4.26. The van der Waals surface area contributed by atoms with Crippen molar-refractivity contribution in [3.63, 3.8) is 0 Å². The minimum Gasteiger partial charge on any atom is -0.372 e. The first kappa shape index (κ1) is 18.9. The van der Waals surface area contributed by atoms with E-state index in [0.29, 0.717) is 11.7 Å². The maximum absolute atomic E-state index is 12.8. The summed E-state index contributed by atoms with van der Waals surface area (Å²) in [5.41, 5.74) is 3.63. The third-order valence-corrected chi connectivity index (χ3v) is 5.99. The number of carbonyl (C=O) groups is 1. The first-order valence-corrected chi connectivity index (χ1v) is 10.4. The molecule has 2 aliphatic rings. The lowest BCUT2D eigenvalue weighted by molar-refractivity contribution is 0.0934. The molecule has 0 saturated carbocycles. The third kappa shape index (κ3) is 3.90. The second-order valence-corrected chi connectivity index (χ2v) is 7.93. The fourth-order valence-corrected chi connectivity index (χ4v) is 4.26. The SMILES string of the molecule is Cc1c(C(=O)NC(C)c2cccc(N3CCCC3)c2)nnn1C1CCNCC1. The van der Waals surface area contributed by atoms with E-state index in [9.17, 15) is 4.79 Å². The molecule has 28 heavy (non-hydrogen) atoms. The van der Waals surface area contributed by atoms with Gasteiger partial charge in [0.25, 0.3) is 5.91 Å². The Hall–Kier alpha value is -2.41. The number of hydrogen-bond acceptors (Lipinski definition) is 5. The fraction of sp³-hybridized carbons (Fsp3) is 0.571. The summed E-state index contributed by atoms with van der Waals surface area (Å²) in [6.45, 7) is 8.15. The molecule has 0 radical (unpaired) electrons. The molecule has 2 aromatic rings. The highest BCUT2D eigenvalue weighted by Gasteiger charge is 2.24. The highest BCUT2D eigenvalue weighted by molar-refractivity contribution is 5.93. The molecule has 0 spiro atoms. The highest BCUT2D eigenvalue weighted by atomic mass is 16.2. The van der Waals surface area contributed by atoms with Crippen LogP contribution in [0.15, 0.2) is 24.3 Å². The lowest BCUT2D eigenvalue weighted by atomic mass is 10.1. The molecule has 0 aliphatic carbocycles. The van der Waals surface area contributed by atoms with Gasteiger partial charge < -0.3 is 15.5 Å². The van der Waals surface area contributed by atoms with Crippen LogP contribution in [0.25, 0.3) is 0 Å². The molecule has 2 aliphatic heterocycles. The van der Waals surface area contributed by atoms with Crippen LogP contribution in [0, 0.1) is 6.92 Å². The number of rotatable bonds is 5. The molecule has 1 aromatic heterocycles. The Bertz CT molecular complexity index is 820. The van der Waals surface area contributed by atoms with Crippen LogP contribution in [0.4, 0.5) is 5.69 Å². The van der Waals surface area contributed by atoms with Crippen LogP contribution >= 0.6 is 0 Å². The van der Waals surface area contributed by atoms with Crippen molar-refractivity contribution in [1.29, 1.82) is 0 Å². The van der Waals surface area contributed by atoms with Crippen LogP contribution in [0.5, 0.6) is 0 Å². The Morgan fingerprint density at radius 3 is 2.75 bits per heavy atom. The molecule has 7 nitrogen and oxygen atoms in total. The van der Waals surface area contributed by atoms with Gasteiger partial charge in [-0.05, 0) is 70.3 Å². The van der Waals surface area contributed by atoms with E-state index < -0.39 is 0 Å². The molecular formula is C21H30N6O. The Morgan fingerprint density at radius 2 is 2.00 bits per heavy atom. The number of nitrogens with one attached hydrogen (secondary N) is 2. The standard InChI is InChI=1S/C21H30N6O/c1-15(17-6-5-7-19(14-17)26-12-3-4-13-26)23-21(28)20-16(2)27(25-24-20)18-8-10-22-11-9-18/h5-7,14-15,18,22H,3-4,8-13H2,1-2H3,(H,23,28). The third-order valence-electron chi connectivity index (χ3n) is 5.99. The van der Waals surface area contributed by atoms with E-state index in [-0.39, 0.29) is 11.9 Å². The summed E-state index contributed by atoms with van der Waals surface area (Å²) in [5.74, 6) is -0.156. The Balaban J connectivity index is 1.45. The van der Waals surface area contributed by atoms with Gasteiger partial charge in [0.05, 0.1) is 17.8 Å². The average Bonchev–Trinajstić information content (AvgIpc) is 3.39. The molecule has 150 valence electrons. The first-order chi connectivity index (χ1) is 13.6. The summed E-state index contributed by atoms with van der Waals surface area (Å²) >= 11 is 0. The number of carbonyl (C=O) groups excluding carboxylic acids is 1. The molecule has 2 saturated heterocycles. The minimum atomic E-state index is -0.156. The molecule has 1 aromatic carbocycles. The summed E-state index contributed by atoms with van der Waals surface area (Å²) in [6, 6.07) is 8.73. The number of amides is 1. The molecule has 4 rings (SSSR count). The van der Waals surface area contributed by atoms with Gasteiger partial charge in [-0.1, -0.05) is 17.3 Å². The van der Waals surface area contributed by atoms with Gasteiger partial charge in [-0.2, -0.15) is 0 Å². The van der Waals surface area contributed by atoms with Gasteiger partial charge in [0.1, 0.15) is 0 Å². The molecule has 0 bridgehead atoms. The summed E-state index contributed by atoms with van der Waals surface area (Å²) < 4.78 is 1.93. The smallest absolute Gasteiger partial charge is 0.274 e. The summed E-state index contributed by atoms with van der Waals surface area (Å²) in [6.07, 6.45) is 4.54. The Labute approximate surface area is 166 Å². The number of nitrogens with zero attached hydrogens (tertiary/aromatic N) is 4. The van der Waals surface area contributed by atoms with Gasteiger partial charge in [0, 0.05) is 18.8 Å². The van der Waals surface area contributed by atoms with Crippen molar-refractivity contribution in [2.24, 2.45) is 0 Å². The van der Waals surface area contributed by atoms with Crippen LogP contribution in [0.3, 0.4) is 0 Å².